The Balaban J connectivity index is 2.35. The molecule has 1 atom stereocenters. The molecular weight excluding hydrogens is 329 g/mol. The summed E-state index contributed by atoms with van der Waals surface area (Å²) < 4.78 is 39.0. The van der Waals surface area contributed by atoms with Crippen LogP contribution >= 0.6 is 11.3 Å². The molecule has 9 heteroatoms. The van der Waals surface area contributed by atoms with E-state index < -0.39 is 11.9 Å². The first-order valence-corrected chi connectivity index (χ1v) is 7.73. The lowest BCUT2D eigenvalue weighted by molar-refractivity contribution is -0.141. The van der Waals surface area contributed by atoms with E-state index in [2.05, 4.69) is 15.3 Å². The zero-order valence-corrected chi connectivity index (χ0v) is 13.4. The molecule has 0 radical (unpaired) electrons. The molecular formula is C14H17F3N4OS. The molecule has 0 bridgehead atoms. The molecule has 0 saturated carbocycles. The zero-order chi connectivity index (χ0) is 17.0. The quantitative estimate of drug-likeness (QED) is 0.841. The minimum absolute atomic E-state index is 0.102. The van der Waals surface area contributed by atoms with Crippen molar-refractivity contribution in [3.63, 3.8) is 0 Å². The molecule has 126 valence electrons. The highest BCUT2D eigenvalue weighted by molar-refractivity contribution is 7.10. The van der Waals surface area contributed by atoms with Gasteiger partial charge in [-0.25, -0.2) is 4.98 Å². The van der Waals surface area contributed by atoms with Crippen LogP contribution in [0.2, 0.25) is 0 Å². The first kappa shape index (κ1) is 17.5. The number of alkyl halides is 3. The van der Waals surface area contributed by atoms with Crippen LogP contribution in [0.3, 0.4) is 0 Å². The molecule has 0 fully saturated rings. The van der Waals surface area contributed by atoms with Gasteiger partial charge < -0.3 is 15.3 Å². The van der Waals surface area contributed by atoms with Crippen molar-refractivity contribution >= 4 is 23.1 Å². The number of aromatic nitrogens is 2. The Labute approximate surface area is 135 Å². The standard InChI is InChI=1S/C14H17F3N4OS/c1-21(2)12-8-11(14(15,16)17)19-13(20-12)18-9(5-6-22)10-4-3-7-23-10/h3-4,7-9,22H,5-6H2,1-2H3,(H,18,19,20). The number of thiophene rings is 1. The van der Waals surface area contributed by atoms with Gasteiger partial charge >= 0.3 is 6.18 Å². The Morgan fingerprint density at radius 2 is 2.09 bits per heavy atom. The van der Waals surface area contributed by atoms with Gasteiger partial charge in [0.05, 0.1) is 6.04 Å². The largest absolute Gasteiger partial charge is 0.433 e. The number of hydrogen-bond donors (Lipinski definition) is 2. The highest BCUT2D eigenvalue weighted by atomic mass is 32.1. The van der Waals surface area contributed by atoms with Crippen LogP contribution in [0.15, 0.2) is 23.6 Å². The highest BCUT2D eigenvalue weighted by Crippen LogP contribution is 2.31. The van der Waals surface area contributed by atoms with E-state index in [4.69, 9.17) is 0 Å². The first-order chi connectivity index (χ1) is 10.8. The smallest absolute Gasteiger partial charge is 0.396 e. The molecule has 0 amide bonds. The molecule has 0 aliphatic heterocycles. The SMILES string of the molecule is CN(C)c1cc(C(F)(F)F)nc(NC(CCO)c2cccs2)n1. The second-order valence-electron chi connectivity index (χ2n) is 5.05. The van der Waals surface area contributed by atoms with Crippen molar-refractivity contribution in [2.45, 2.75) is 18.6 Å². The van der Waals surface area contributed by atoms with E-state index in [1.807, 2.05) is 17.5 Å². The van der Waals surface area contributed by atoms with Gasteiger partial charge in [0.15, 0.2) is 5.69 Å². The molecule has 5 nitrogen and oxygen atoms in total. The van der Waals surface area contributed by atoms with E-state index in [1.54, 1.807) is 14.1 Å². The minimum atomic E-state index is -4.56. The maximum atomic E-state index is 13.0. The highest BCUT2D eigenvalue weighted by Gasteiger charge is 2.34. The molecule has 2 heterocycles. The van der Waals surface area contributed by atoms with Crippen LogP contribution in [0, 0.1) is 0 Å². The average Bonchev–Trinajstić information content (AvgIpc) is 2.99. The van der Waals surface area contributed by atoms with Crippen LogP contribution in [0.1, 0.15) is 23.0 Å². The fourth-order valence-corrected chi connectivity index (χ4v) is 2.75. The van der Waals surface area contributed by atoms with Gasteiger partial charge in [-0.05, 0) is 17.9 Å². The summed E-state index contributed by atoms with van der Waals surface area (Å²) in [5.74, 6) is 0.0409. The topological polar surface area (TPSA) is 61.3 Å². The summed E-state index contributed by atoms with van der Waals surface area (Å²) in [6, 6.07) is 4.23. The molecule has 2 aromatic heterocycles. The normalized spacial score (nSPS) is 13.0. The van der Waals surface area contributed by atoms with Crippen molar-refractivity contribution in [2.24, 2.45) is 0 Å². The monoisotopic (exact) mass is 346 g/mol. The molecule has 0 saturated heterocycles. The summed E-state index contributed by atoms with van der Waals surface area (Å²) >= 11 is 1.45. The third-order valence-corrected chi connectivity index (χ3v) is 4.05. The fourth-order valence-electron chi connectivity index (χ4n) is 1.93. The van der Waals surface area contributed by atoms with Crippen LogP contribution in [-0.2, 0) is 6.18 Å². The molecule has 2 N–H and O–H groups in total. The van der Waals surface area contributed by atoms with Gasteiger partial charge in [-0.15, -0.1) is 11.3 Å². The van der Waals surface area contributed by atoms with E-state index in [1.165, 1.54) is 16.2 Å². The predicted octanol–water partition coefficient (Wildman–Crippen LogP) is 3.16. The van der Waals surface area contributed by atoms with Crippen LogP contribution in [0.4, 0.5) is 24.9 Å². The van der Waals surface area contributed by atoms with Gasteiger partial charge in [-0.1, -0.05) is 6.07 Å². The molecule has 1 unspecified atom stereocenters. The van der Waals surface area contributed by atoms with E-state index in [9.17, 15) is 18.3 Å². The van der Waals surface area contributed by atoms with E-state index in [-0.39, 0.29) is 24.4 Å². The van der Waals surface area contributed by atoms with Crippen LogP contribution in [0.25, 0.3) is 0 Å². The maximum Gasteiger partial charge on any atom is 0.433 e. The Hall–Kier alpha value is -1.87. The Kier molecular flexibility index (Phi) is 5.42. The van der Waals surface area contributed by atoms with E-state index in [0.717, 1.165) is 10.9 Å². The first-order valence-electron chi connectivity index (χ1n) is 6.85. The number of hydrogen-bond acceptors (Lipinski definition) is 6. The van der Waals surface area contributed by atoms with E-state index in [0.29, 0.717) is 6.42 Å². The van der Waals surface area contributed by atoms with Crippen LogP contribution in [0.5, 0.6) is 0 Å². The lowest BCUT2D eigenvalue weighted by Gasteiger charge is -2.19. The molecule has 0 spiro atoms. The summed E-state index contributed by atoms with van der Waals surface area (Å²) in [5, 5.41) is 13.9. The second kappa shape index (κ2) is 7.14. The fraction of sp³-hybridized carbons (Fsp3) is 0.429. The van der Waals surface area contributed by atoms with Gasteiger partial charge in [0.25, 0.3) is 0 Å². The Bertz CT molecular complexity index is 631. The van der Waals surface area contributed by atoms with Crippen LogP contribution in [-0.4, -0.2) is 35.8 Å². The number of aliphatic hydroxyl groups excluding tert-OH is 1. The summed E-state index contributed by atoms with van der Waals surface area (Å²) in [7, 11) is 3.22. The van der Waals surface area contributed by atoms with Crippen molar-refractivity contribution < 1.29 is 18.3 Å². The minimum Gasteiger partial charge on any atom is -0.396 e. The zero-order valence-electron chi connectivity index (χ0n) is 12.6. The predicted molar refractivity (Wildman–Crippen MR) is 83.7 cm³/mol. The van der Waals surface area contributed by atoms with Crippen LogP contribution < -0.4 is 10.2 Å². The summed E-state index contributed by atoms with van der Waals surface area (Å²) in [4.78, 5) is 10.0. The number of halogens is 3. The van der Waals surface area contributed by atoms with E-state index >= 15 is 0 Å². The number of aliphatic hydroxyl groups is 1. The average molecular weight is 346 g/mol. The van der Waals surface area contributed by atoms with Gasteiger partial charge in [0.2, 0.25) is 5.95 Å². The van der Waals surface area contributed by atoms with Crippen molar-refractivity contribution in [1.82, 2.24) is 9.97 Å². The van der Waals surface area contributed by atoms with Gasteiger partial charge in [0.1, 0.15) is 5.82 Å². The van der Waals surface area contributed by atoms with Gasteiger partial charge in [-0.2, -0.15) is 18.2 Å². The van der Waals surface area contributed by atoms with Gasteiger partial charge in [0, 0.05) is 31.6 Å². The molecule has 0 aliphatic carbocycles. The number of nitrogens with zero attached hydrogens (tertiary/aromatic N) is 3. The van der Waals surface area contributed by atoms with Crippen molar-refractivity contribution in [2.75, 3.05) is 30.9 Å². The summed E-state index contributed by atoms with van der Waals surface area (Å²) in [6.07, 6.45) is -4.21. The molecule has 2 rings (SSSR count). The third kappa shape index (κ3) is 4.55. The van der Waals surface area contributed by atoms with Crippen molar-refractivity contribution in [3.8, 4) is 0 Å². The van der Waals surface area contributed by atoms with Gasteiger partial charge in [-0.3, -0.25) is 0 Å². The van der Waals surface area contributed by atoms with Crippen molar-refractivity contribution in [1.29, 1.82) is 0 Å². The maximum absolute atomic E-state index is 13.0. The molecule has 0 aromatic carbocycles. The third-order valence-electron chi connectivity index (χ3n) is 3.07. The number of rotatable bonds is 6. The molecule has 23 heavy (non-hydrogen) atoms. The summed E-state index contributed by atoms with van der Waals surface area (Å²) in [6.45, 7) is -0.102. The lowest BCUT2D eigenvalue weighted by Crippen LogP contribution is -2.19. The Morgan fingerprint density at radius 3 is 2.61 bits per heavy atom. The summed E-state index contributed by atoms with van der Waals surface area (Å²) in [5.41, 5.74) is -1.01. The van der Waals surface area contributed by atoms with Crippen molar-refractivity contribution in [3.05, 3.63) is 34.2 Å². The Morgan fingerprint density at radius 1 is 1.35 bits per heavy atom. The number of nitrogens with one attached hydrogen (secondary N) is 1. The molecule has 2 aromatic rings. The number of anilines is 2. The second-order valence-corrected chi connectivity index (χ2v) is 6.03. The molecule has 0 aliphatic rings. The lowest BCUT2D eigenvalue weighted by atomic mass is 10.2.